The highest BCUT2D eigenvalue weighted by Crippen LogP contribution is 2.67. The minimum atomic E-state index is -1.07. The van der Waals surface area contributed by atoms with Crippen LogP contribution in [-0.2, 0) is 17.8 Å². The minimum absolute atomic E-state index is 0.0461. The van der Waals surface area contributed by atoms with E-state index < -0.39 is 17.7 Å². The Morgan fingerprint density at radius 2 is 1.94 bits per heavy atom. The summed E-state index contributed by atoms with van der Waals surface area (Å²) in [7, 11) is 0. The Morgan fingerprint density at radius 3 is 2.62 bits per heavy atom. The number of benzene rings is 1. The van der Waals surface area contributed by atoms with Gasteiger partial charge in [0.25, 0.3) is 5.91 Å². The van der Waals surface area contributed by atoms with Gasteiger partial charge in [-0.2, -0.15) is 0 Å². The summed E-state index contributed by atoms with van der Waals surface area (Å²) < 4.78 is 7.01. The number of carboxylic acids is 1. The number of carboxylic acid groups (broad SMARTS) is 1. The van der Waals surface area contributed by atoms with E-state index in [1.807, 2.05) is 0 Å². The molecular formula is C25H33NO6. The Hall–Kier alpha value is -2.28. The van der Waals surface area contributed by atoms with Gasteiger partial charge in [0, 0.05) is 22.5 Å². The molecule has 2 aliphatic heterocycles. The second-order valence-corrected chi connectivity index (χ2v) is 11.3. The standard InChI is InChI=1S/C25H33NO6/c1-13-5-6-18-23(2,3)19(28)7-8-25(18)24(13,4)10-15-17(27)9-14-16(21(15)32-25)11-26(22(14)31)12-20(29)30/h9,13,18-19,27-28H,5-8,10-12H2,1-4H3,(H,29,30)/t13-,18-,19-,24+,25-/m0/s1. The molecule has 0 radical (unpaired) electrons. The van der Waals surface area contributed by atoms with Crippen molar-refractivity contribution in [2.24, 2.45) is 22.7 Å². The number of aliphatic carboxylic acids is 1. The molecule has 1 spiro atoms. The Morgan fingerprint density at radius 1 is 1.22 bits per heavy atom. The molecule has 0 unspecified atom stereocenters. The van der Waals surface area contributed by atoms with E-state index in [2.05, 4.69) is 27.7 Å². The van der Waals surface area contributed by atoms with Gasteiger partial charge in [0.15, 0.2) is 0 Å². The number of aliphatic hydroxyl groups excluding tert-OH is 1. The number of hydrogen-bond acceptors (Lipinski definition) is 5. The highest BCUT2D eigenvalue weighted by molar-refractivity contribution is 6.01. The van der Waals surface area contributed by atoms with E-state index in [0.717, 1.165) is 24.8 Å². The number of aliphatic hydroxyl groups is 1. The van der Waals surface area contributed by atoms with Gasteiger partial charge in [0.2, 0.25) is 0 Å². The molecular weight excluding hydrogens is 410 g/mol. The number of fused-ring (bicyclic) bond motifs is 3. The molecule has 0 saturated heterocycles. The van der Waals surface area contributed by atoms with Crippen LogP contribution in [0.25, 0.3) is 0 Å². The first-order valence-corrected chi connectivity index (χ1v) is 11.7. The molecule has 2 heterocycles. The maximum Gasteiger partial charge on any atom is 0.323 e. The SMILES string of the molecule is C[C@H]1CC[C@H]2C(C)(C)[C@@H](O)CC[C@]23Oc2c(c(O)cc4c2CN(CC(=O)O)C4=O)C[C@]13C. The number of ether oxygens (including phenoxy) is 1. The number of phenolic OH excluding ortho intramolecular Hbond substituents is 1. The molecule has 1 aromatic rings. The lowest BCUT2D eigenvalue weighted by Crippen LogP contribution is -2.70. The summed E-state index contributed by atoms with van der Waals surface area (Å²) in [5.74, 6) is -0.341. The number of nitrogens with zero attached hydrogens (tertiary/aromatic N) is 1. The van der Waals surface area contributed by atoms with Crippen molar-refractivity contribution in [3.8, 4) is 11.5 Å². The fraction of sp³-hybridized carbons (Fsp3) is 0.680. The van der Waals surface area contributed by atoms with E-state index in [0.29, 0.717) is 35.6 Å². The van der Waals surface area contributed by atoms with Gasteiger partial charge in [-0.3, -0.25) is 9.59 Å². The Labute approximate surface area is 188 Å². The summed E-state index contributed by atoms with van der Waals surface area (Å²) in [5.41, 5.74) is 0.681. The van der Waals surface area contributed by atoms with Crippen LogP contribution in [-0.4, -0.2) is 50.3 Å². The zero-order valence-corrected chi connectivity index (χ0v) is 19.3. The third-order valence-electron chi connectivity index (χ3n) is 9.54. The predicted molar refractivity (Wildman–Crippen MR) is 117 cm³/mol. The average molecular weight is 444 g/mol. The molecule has 0 aromatic heterocycles. The lowest BCUT2D eigenvalue weighted by molar-refractivity contribution is -0.233. The van der Waals surface area contributed by atoms with Gasteiger partial charge in [0.05, 0.1) is 18.2 Å². The second kappa shape index (κ2) is 6.62. The number of amides is 1. The van der Waals surface area contributed by atoms with E-state index in [9.17, 15) is 24.9 Å². The maximum absolute atomic E-state index is 12.9. The summed E-state index contributed by atoms with van der Waals surface area (Å²) >= 11 is 0. The molecule has 5 atom stereocenters. The number of rotatable bonds is 2. The van der Waals surface area contributed by atoms with Crippen molar-refractivity contribution in [2.75, 3.05) is 6.54 Å². The van der Waals surface area contributed by atoms with Gasteiger partial charge in [-0.1, -0.05) is 27.7 Å². The number of aromatic hydroxyl groups is 1. The molecule has 7 heteroatoms. The van der Waals surface area contributed by atoms with Crippen LogP contribution in [0.15, 0.2) is 6.07 Å². The van der Waals surface area contributed by atoms with Crippen LogP contribution in [0.2, 0.25) is 0 Å². The van der Waals surface area contributed by atoms with Crippen molar-refractivity contribution in [3.05, 3.63) is 22.8 Å². The van der Waals surface area contributed by atoms with Crippen molar-refractivity contribution in [1.82, 2.24) is 4.90 Å². The Kier molecular flexibility index (Phi) is 4.46. The fourth-order valence-corrected chi connectivity index (χ4v) is 7.38. The smallest absolute Gasteiger partial charge is 0.323 e. The van der Waals surface area contributed by atoms with Crippen LogP contribution in [0.3, 0.4) is 0 Å². The van der Waals surface area contributed by atoms with E-state index >= 15 is 0 Å². The van der Waals surface area contributed by atoms with Crippen LogP contribution < -0.4 is 4.74 Å². The van der Waals surface area contributed by atoms with E-state index in [-0.39, 0.29) is 41.5 Å². The molecule has 174 valence electrons. The molecule has 4 aliphatic rings. The molecule has 2 saturated carbocycles. The van der Waals surface area contributed by atoms with Crippen molar-refractivity contribution in [1.29, 1.82) is 0 Å². The molecule has 2 aliphatic carbocycles. The summed E-state index contributed by atoms with van der Waals surface area (Å²) in [4.78, 5) is 25.4. The van der Waals surface area contributed by atoms with Gasteiger partial charge < -0.3 is 25.0 Å². The van der Waals surface area contributed by atoms with Gasteiger partial charge in [0.1, 0.15) is 23.6 Å². The Balaban J connectivity index is 1.67. The molecule has 2 fully saturated rings. The molecule has 1 amide bonds. The minimum Gasteiger partial charge on any atom is -0.508 e. The molecule has 32 heavy (non-hydrogen) atoms. The van der Waals surface area contributed by atoms with Crippen LogP contribution in [0, 0.1) is 22.7 Å². The molecule has 0 bridgehead atoms. The van der Waals surface area contributed by atoms with Gasteiger partial charge in [-0.25, -0.2) is 0 Å². The highest BCUT2D eigenvalue weighted by atomic mass is 16.5. The fourth-order valence-electron chi connectivity index (χ4n) is 7.38. The monoisotopic (exact) mass is 443 g/mol. The van der Waals surface area contributed by atoms with Gasteiger partial charge >= 0.3 is 5.97 Å². The van der Waals surface area contributed by atoms with Crippen LogP contribution in [0.4, 0.5) is 0 Å². The zero-order chi connectivity index (χ0) is 23.2. The third-order valence-corrected chi connectivity index (χ3v) is 9.54. The Bertz CT molecular complexity index is 1020. The summed E-state index contributed by atoms with van der Waals surface area (Å²) in [6.45, 7) is 8.56. The normalized spacial score (nSPS) is 37.1. The maximum atomic E-state index is 12.9. The van der Waals surface area contributed by atoms with E-state index in [1.54, 1.807) is 0 Å². The number of carbonyl (C=O) groups excluding carboxylic acids is 1. The quantitative estimate of drug-likeness (QED) is 0.647. The summed E-state index contributed by atoms with van der Waals surface area (Å²) in [5, 5.41) is 31.0. The highest BCUT2D eigenvalue weighted by Gasteiger charge is 2.67. The first-order valence-electron chi connectivity index (χ1n) is 11.7. The summed E-state index contributed by atoms with van der Waals surface area (Å²) in [6.07, 6.45) is 3.60. The first kappa shape index (κ1) is 21.6. The first-order chi connectivity index (χ1) is 14.9. The lowest BCUT2D eigenvalue weighted by Gasteiger charge is -2.67. The van der Waals surface area contributed by atoms with Crippen LogP contribution >= 0.6 is 0 Å². The van der Waals surface area contributed by atoms with Crippen molar-refractivity contribution in [3.63, 3.8) is 0 Å². The lowest BCUT2D eigenvalue weighted by atomic mass is 9.43. The van der Waals surface area contributed by atoms with E-state index in [4.69, 9.17) is 4.74 Å². The van der Waals surface area contributed by atoms with Crippen LogP contribution in [0.1, 0.15) is 74.9 Å². The topological polar surface area (TPSA) is 107 Å². The molecule has 1 aromatic carbocycles. The largest absolute Gasteiger partial charge is 0.508 e. The molecule has 3 N–H and O–H groups in total. The van der Waals surface area contributed by atoms with Crippen LogP contribution in [0.5, 0.6) is 11.5 Å². The number of phenols is 1. The zero-order valence-electron chi connectivity index (χ0n) is 19.3. The molecule has 5 rings (SSSR count). The average Bonchev–Trinajstić information content (AvgIpc) is 3.00. The van der Waals surface area contributed by atoms with Gasteiger partial charge in [-0.05, 0) is 49.5 Å². The number of carbonyl (C=O) groups is 2. The van der Waals surface area contributed by atoms with Gasteiger partial charge in [-0.15, -0.1) is 0 Å². The van der Waals surface area contributed by atoms with Crippen molar-refractivity contribution >= 4 is 11.9 Å². The van der Waals surface area contributed by atoms with Crippen molar-refractivity contribution < 1.29 is 29.6 Å². The predicted octanol–water partition coefficient (Wildman–Crippen LogP) is 3.34. The van der Waals surface area contributed by atoms with Crippen molar-refractivity contribution in [2.45, 2.75) is 78.0 Å². The second-order valence-electron chi connectivity index (χ2n) is 11.3. The van der Waals surface area contributed by atoms with E-state index in [1.165, 1.54) is 11.0 Å². The number of hydrogen-bond donors (Lipinski definition) is 3. The molecule has 7 nitrogen and oxygen atoms in total. The third kappa shape index (κ3) is 2.57. The summed E-state index contributed by atoms with van der Waals surface area (Å²) in [6, 6.07) is 1.49.